The van der Waals surface area contributed by atoms with Gasteiger partial charge in [0, 0.05) is 39.9 Å². The van der Waals surface area contributed by atoms with E-state index in [0.29, 0.717) is 5.69 Å². The summed E-state index contributed by atoms with van der Waals surface area (Å²) in [6.45, 7) is 1.98. The Balaban J connectivity index is 1.29. The molecular weight excluding hydrogens is 402 g/mol. The first kappa shape index (κ1) is 19.4. The lowest BCUT2D eigenvalue weighted by Crippen LogP contribution is -2.19. The van der Waals surface area contributed by atoms with Crippen LogP contribution in [-0.4, -0.2) is 26.4 Å². The third-order valence-electron chi connectivity index (χ3n) is 5.02. The maximum absolute atomic E-state index is 12.3. The van der Waals surface area contributed by atoms with E-state index in [9.17, 15) is 4.79 Å². The van der Waals surface area contributed by atoms with Crippen LogP contribution in [0.3, 0.4) is 0 Å². The Hall–Kier alpha value is -4.59. The first-order chi connectivity index (χ1) is 15.6. The minimum atomic E-state index is -0.293. The Kier molecular flexibility index (Phi) is 5.01. The number of fused-ring (bicyclic) bond motifs is 1. The molecule has 0 atom stereocenters. The summed E-state index contributed by atoms with van der Waals surface area (Å²) in [7, 11) is 0. The fraction of sp³-hybridized carbons (Fsp3) is 0.0417. The number of carbonyl (C=O) groups is 1. The van der Waals surface area contributed by atoms with Crippen LogP contribution in [0.5, 0.6) is 0 Å². The Morgan fingerprint density at radius 1 is 0.875 bits per heavy atom. The number of anilines is 4. The van der Waals surface area contributed by atoms with Crippen LogP contribution in [-0.2, 0) is 0 Å². The Morgan fingerprint density at radius 2 is 1.62 bits per heavy atom. The zero-order valence-electron chi connectivity index (χ0n) is 17.3. The summed E-state index contributed by atoms with van der Waals surface area (Å²) in [4.78, 5) is 12.3. The monoisotopic (exact) mass is 423 g/mol. The van der Waals surface area contributed by atoms with Crippen molar-refractivity contribution in [3.05, 3.63) is 84.7 Å². The standard InChI is InChI=1S/C24H21N7O/c1-15-4-2-5-17(10-15)28-24(32)29-19-7-3-6-18(11-19)27-20-8-9-21-22(12-20)30-31-23(21)16-13-25-26-14-16/h2-14,27H,1H3,(H,25,26)(H,30,31)(H2,28,29,32). The number of benzene rings is 3. The zero-order valence-corrected chi connectivity index (χ0v) is 17.3. The number of amides is 2. The molecule has 8 nitrogen and oxygen atoms in total. The minimum absolute atomic E-state index is 0.293. The van der Waals surface area contributed by atoms with E-state index in [1.807, 2.05) is 79.9 Å². The molecule has 0 aliphatic rings. The van der Waals surface area contributed by atoms with Gasteiger partial charge < -0.3 is 16.0 Å². The van der Waals surface area contributed by atoms with Gasteiger partial charge in [0.2, 0.25) is 0 Å². The number of hydrogen-bond donors (Lipinski definition) is 5. The van der Waals surface area contributed by atoms with Gasteiger partial charge in [-0.05, 0) is 61.0 Å². The number of aryl methyl sites for hydroxylation is 1. The number of nitrogens with one attached hydrogen (secondary N) is 5. The van der Waals surface area contributed by atoms with Gasteiger partial charge in [0.05, 0.1) is 11.7 Å². The molecule has 8 heteroatoms. The number of aromatic nitrogens is 4. The number of H-pyrrole nitrogens is 2. The van der Waals surface area contributed by atoms with Crippen molar-refractivity contribution in [1.82, 2.24) is 20.4 Å². The van der Waals surface area contributed by atoms with E-state index in [0.717, 1.165) is 44.8 Å². The summed E-state index contributed by atoms with van der Waals surface area (Å²) < 4.78 is 0. The molecule has 0 aliphatic carbocycles. The fourth-order valence-corrected chi connectivity index (χ4v) is 3.56. The third kappa shape index (κ3) is 4.15. The quantitative estimate of drug-likeness (QED) is 0.252. The molecule has 0 spiro atoms. The Labute approximate surface area is 184 Å². The molecule has 0 fully saturated rings. The van der Waals surface area contributed by atoms with E-state index in [-0.39, 0.29) is 6.03 Å². The molecule has 3 aromatic carbocycles. The van der Waals surface area contributed by atoms with Crippen molar-refractivity contribution in [2.75, 3.05) is 16.0 Å². The molecule has 0 saturated heterocycles. The molecule has 0 saturated carbocycles. The molecule has 0 bridgehead atoms. The highest BCUT2D eigenvalue weighted by atomic mass is 16.2. The van der Waals surface area contributed by atoms with Crippen molar-refractivity contribution in [1.29, 1.82) is 0 Å². The smallest absolute Gasteiger partial charge is 0.323 e. The summed E-state index contributed by atoms with van der Waals surface area (Å²) in [5, 5.41) is 24.4. The zero-order chi connectivity index (χ0) is 21.9. The van der Waals surface area contributed by atoms with Crippen LogP contribution in [0.1, 0.15) is 5.56 Å². The van der Waals surface area contributed by atoms with Gasteiger partial charge in [-0.25, -0.2) is 4.79 Å². The van der Waals surface area contributed by atoms with Gasteiger partial charge in [-0.2, -0.15) is 10.2 Å². The molecule has 5 aromatic rings. The Bertz CT molecular complexity index is 1390. The van der Waals surface area contributed by atoms with Crippen molar-refractivity contribution < 1.29 is 4.79 Å². The number of hydrogen-bond acceptors (Lipinski definition) is 4. The van der Waals surface area contributed by atoms with E-state index in [4.69, 9.17) is 0 Å². The lowest BCUT2D eigenvalue weighted by molar-refractivity contribution is 0.262. The molecule has 0 unspecified atom stereocenters. The van der Waals surface area contributed by atoms with Crippen LogP contribution in [0.2, 0.25) is 0 Å². The van der Waals surface area contributed by atoms with E-state index >= 15 is 0 Å². The van der Waals surface area contributed by atoms with Crippen LogP contribution in [0.25, 0.3) is 22.2 Å². The first-order valence-electron chi connectivity index (χ1n) is 10.1. The second-order valence-corrected chi connectivity index (χ2v) is 7.47. The molecule has 158 valence electrons. The third-order valence-corrected chi connectivity index (χ3v) is 5.02. The average molecular weight is 423 g/mol. The molecule has 0 radical (unpaired) electrons. The number of nitrogens with zero attached hydrogens (tertiary/aromatic N) is 2. The van der Waals surface area contributed by atoms with E-state index in [1.54, 1.807) is 6.20 Å². The van der Waals surface area contributed by atoms with E-state index in [2.05, 4.69) is 36.3 Å². The molecular formula is C24H21N7O. The van der Waals surface area contributed by atoms with Crippen LogP contribution in [0, 0.1) is 6.92 Å². The van der Waals surface area contributed by atoms with Crippen molar-refractivity contribution in [3.8, 4) is 11.3 Å². The van der Waals surface area contributed by atoms with Crippen molar-refractivity contribution in [3.63, 3.8) is 0 Å². The molecule has 5 N–H and O–H groups in total. The van der Waals surface area contributed by atoms with Crippen LogP contribution in [0.4, 0.5) is 27.5 Å². The van der Waals surface area contributed by atoms with Crippen molar-refractivity contribution >= 4 is 39.7 Å². The van der Waals surface area contributed by atoms with Gasteiger partial charge in [0.25, 0.3) is 0 Å². The molecule has 2 heterocycles. The topological polar surface area (TPSA) is 111 Å². The predicted octanol–water partition coefficient (Wildman–Crippen LogP) is 5.65. The van der Waals surface area contributed by atoms with Crippen LogP contribution in [0.15, 0.2) is 79.1 Å². The predicted molar refractivity (Wildman–Crippen MR) is 127 cm³/mol. The summed E-state index contributed by atoms with van der Waals surface area (Å²) >= 11 is 0. The highest BCUT2D eigenvalue weighted by Gasteiger charge is 2.10. The lowest BCUT2D eigenvalue weighted by Gasteiger charge is -2.11. The molecule has 2 amide bonds. The minimum Gasteiger partial charge on any atom is -0.355 e. The second-order valence-electron chi connectivity index (χ2n) is 7.47. The fourth-order valence-electron chi connectivity index (χ4n) is 3.56. The van der Waals surface area contributed by atoms with E-state index < -0.39 is 0 Å². The molecule has 2 aromatic heterocycles. The second kappa shape index (κ2) is 8.27. The first-order valence-corrected chi connectivity index (χ1v) is 10.1. The molecule has 5 rings (SSSR count). The summed E-state index contributed by atoms with van der Waals surface area (Å²) in [5.74, 6) is 0. The normalized spacial score (nSPS) is 10.8. The van der Waals surface area contributed by atoms with Gasteiger partial charge in [-0.15, -0.1) is 0 Å². The lowest BCUT2D eigenvalue weighted by atomic mass is 10.1. The molecule has 32 heavy (non-hydrogen) atoms. The number of urea groups is 1. The summed E-state index contributed by atoms with van der Waals surface area (Å²) in [5.41, 5.74) is 6.97. The maximum Gasteiger partial charge on any atom is 0.323 e. The molecule has 0 aliphatic heterocycles. The van der Waals surface area contributed by atoms with E-state index in [1.165, 1.54) is 0 Å². The maximum atomic E-state index is 12.3. The van der Waals surface area contributed by atoms with Gasteiger partial charge in [-0.1, -0.05) is 18.2 Å². The highest BCUT2D eigenvalue weighted by Crippen LogP contribution is 2.29. The average Bonchev–Trinajstić information content (AvgIpc) is 3.43. The number of aromatic amines is 2. The number of carbonyl (C=O) groups excluding carboxylic acids is 1. The van der Waals surface area contributed by atoms with Crippen LogP contribution >= 0.6 is 0 Å². The largest absolute Gasteiger partial charge is 0.355 e. The van der Waals surface area contributed by atoms with Crippen LogP contribution < -0.4 is 16.0 Å². The summed E-state index contributed by atoms with van der Waals surface area (Å²) in [6, 6.07) is 20.9. The summed E-state index contributed by atoms with van der Waals surface area (Å²) in [6.07, 6.45) is 3.56. The SMILES string of the molecule is Cc1cccc(NC(=O)Nc2cccc(Nc3ccc4c(-c5cn[nH]c5)n[nH]c4c3)c2)c1. The van der Waals surface area contributed by atoms with Gasteiger partial charge >= 0.3 is 6.03 Å². The van der Waals surface area contributed by atoms with Gasteiger partial charge in [0.1, 0.15) is 5.69 Å². The van der Waals surface area contributed by atoms with Crippen molar-refractivity contribution in [2.45, 2.75) is 6.92 Å². The highest BCUT2D eigenvalue weighted by molar-refractivity contribution is 6.00. The van der Waals surface area contributed by atoms with Crippen molar-refractivity contribution in [2.24, 2.45) is 0 Å². The number of rotatable bonds is 5. The van der Waals surface area contributed by atoms with Gasteiger partial charge in [-0.3, -0.25) is 10.2 Å². The Morgan fingerprint density at radius 3 is 2.41 bits per heavy atom. The van der Waals surface area contributed by atoms with Gasteiger partial charge in [0.15, 0.2) is 0 Å².